The van der Waals surface area contributed by atoms with Crippen molar-refractivity contribution in [2.24, 2.45) is 4.99 Å². The van der Waals surface area contributed by atoms with Gasteiger partial charge in [0.25, 0.3) is 0 Å². The lowest BCUT2D eigenvalue weighted by atomic mass is 10.2. The first-order valence-corrected chi connectivity index (χ1v) is 9.33. The highest BCUT2D eigenvalue weighted by Gasteiger charge is 2.22. The highest BCUT2D eigenvalue weighted by atomic mass is 127. The molecule has 2 aliphatic rings. The van der Waals surface area contributed by atoms with Crippen LogP contribution in [0.3, 0.4) is 0 Å². The topological polar surface area (TPSA) is 59.9 Å². The molecule has 3 heterocycles. The molecule has 0 unspecified atom stereocenters. The van der Waals surface area contributed by atoms with Crippen molar-refractivity contribution in [2.75, 3.05) is 64.3 Å². The molecule has 0 radical (unpaired) electrons. The Labute approximate surface area is 165 Å². The fourth-order valence-corrected chi connectivity index (χ4v) is 3.69. The zero-order chi connectivity index (χ0) is 16.1. The molecule has 0 saturated carbocycles. The van der Waals surface area contributed by atoms with E-state index < -0.39 is 0 Å². The minimum Gasteiger partial charge on any atom is -0.355 e. The van der Waals surface area contributed by atoms with Crippen molar-refractivity contribution in [3.63, 3.8) is 0 Å². The van der Waals surface area contributed by atoms with Gasteiger partial charge in [-0.3, -0.25) is 4.99 Å². The number of nitrogens with zero attached hydrogens (tertiary/aromatic N) is 6. The maximum atomic E-state index is 4.59. The molecule has 2 saturated heterocycles. The number of piperazine rings is 1. The fourth-order valence-electron chi connectivity index (χ4n) is 2.89. The molecule has 1 aromatic rings. The molecule has 0 bridgehead atoms. The molecule has 9 heteroatoms. The van der Waals surface area contributed by atoms with Crippen LogP contribution in [0.4, 0.5) is 5.13 Å². The van der Waals surface area contributed by atoms with Gasteiger partial charge in [0.05, 0.1) is 0 Å². The number of likely N-dealkylation sites (tertiary alicyclic amines) is 1. The number of hydrogen-bond donors (Lipinski definition) is 1. The standard InChI is InChI=1S/C15H27N7S.HI/c1-3-13-18-15(23-19-13)22-11-9-21(10-12-22)14(16-2)17-5-8-20-6-4-7-20;/h3-12H2,1-2H3,(H,16,17);1H. The number of aromatic nitrogens is 2. The quantitative estimate of drug-likeness (QED) is 0.400. The molecule has 136 valence electrons. The Kier molecular flexibility index (Phi) is 7.95. The second kappa shape index (κ2) is 9.71. The van der Waals surface area contributed by atoms with Crippen LogP contribution in [0, 0.1) is 0 Å². The average molecular weight is 465 g/mol. The summed E-state index contributed by atoms with van der Waals surface area (Å²) < 4.78 is 4.39. The number of anilines is 1. The van der Waals surface area contributed by atoms with E-state index in [9.17, 15) is 0 Å². The van der Waals surface area contributed by atoms with E-state index in [4.69, 9.17) is 0 Å². The van der Waals surface area contributed by atoms with E-state index in [1.807, 2.05) is 7.05 Å². The smallest absolute Gasteiger partial charge is 0.205 e. The fraction of sp³-hybridized carbons (Fsp3) is 0.800. The molecular weight excluding hydrogens is 437 g/mol. The Morgan fingerprint density at radius 3 is 2.50 bits per heavy atom. The summed E-state index contributed by atoms with van der Waals surface area (Å²) in [7, 11) is 1.87. The second-order valence-electron chi connectivity index (χ2n) is 5.99. The number of guanidine groups is 1. The van der Waals surface area contributed by atoms with Gasteiger partial charge in [0.15, 0.2) is 5.96 Å². The molecule has 2 fully saturated rings. The maximum Gasteiger partial charge on any atom is 0.205 e. The summed E-state index contributed by atoms with van der Waals surface area (Å²) in [5, 5.41) is 4.55. The molecule has 0 amide bonds. The molecule has 0 spiro atoms. The van der Waals surface area contributed by atoms with E-state index in [0.717, 1.165) is 62.6 Å². The lowest BCUT2D eigenvalue weighted by Gasteiger charge is -2.36. The summed E-state index contributed by atoms with van der Waals surface area (Å²) in [5.41, 5.74) is 0. The van der Waals surface area contributed by atoms with E-state index in [-0.39, 0.29) is 24.0 Å². The first-order chi connectivity index (χ1) is 11.3. The molecule has 0 aromatic carbocycles. The number of nitrogens with one attached hydrogen (secondary N) is 1. The van der Waals surface area contributed by atoms with Gasteiger partial charge in [-0.25, -0.2) is 4.98 Å². The molecule has 0 aliphatic carbocycles. The van der Waals surface area contributed by atoms with Crippen molar-refractivity contribution < 1.29 is 0 Å². The van der Waals surface area contributed by atoms with Crippen LogP contribution < -0.4 is 10.2 Å². The molecule has 7 nitrogen and oxygen atoms in total. The van der Waals surface area contributed by atoms with Gasteiger partial charge >= 0.3 is 0 Å². The SMILES string of the molecule is CCc1nsc(N2CCN(C(=NC)NCCN3CCC3)CC2)n1.I. The Balaban J connectivity index is 0.00000208. The van der Waals surface area contributed by atoms with Crippen LogP contribution in [0.1, 0.15) is 19.2 Å². The van der Waals surface area contributed by atoms with Crippen LogP contribution in [0.5, 0.6) is 0 Å². The number of aliphatic imine (C=N–C) groups is 1. The van der Waals surface area contributed by atoms with Crippen LogP contribution in [0.2, 0.25) is 0 Å². The number of hydrogen-bond acceptors (Lipinski definition) is 6. The van der Waals surface area contributed by atoms with Gasteiger partial charge in [-0.15, -0.1) is 24.0 Å². The van der Waals surface area contributed by atoms with Crippen molar-refractivity contribution in [1.82, 2.24) is 24.5 Å². The third-order valence-corrected chi connectivity index (χ3v) is 5.31. The Hall–Kier alpha value is -0.680. The lowest BCUT2D eigenvalue weighted by Crippen LogP contribution is -2.53. The number of halogens is 1. The highest BCUT2D eigenvalue weighted by Crippen LogP contribution is 2.19. The summed E-state index contributed by atoms with van der Waals surface area (Å²) in [6.45, 7) is 10.6. The lowest BCUT2D eigenvalue weighted by molar-refractivity contribution is 0.184. The third-order valence-electron chi connectivity index (χ3n) is 4.49. The van der Waals surface area contributed by atoms with Gasteiger partial charge < -0.3 is 20.0 Å². The summed E-state index contributed by atoms with van der Waals surface area (Å²) in [6.07, 6.45) is 2.26. The van der Waals surface area contributed by atoms with Crippen molar-refractivity contribution in [1.29, 1.82) is 0 Å². The summed E-state index contributed by atoms with van der Waals surface area (Å²) >= 11 is 1.52. The first-order valence-electron chi connectivity index (χ1n) is 8.55. The summed E-state index contributed by atoms with van der Waals surface area (Å²) in [5.74, 6) is 1.98. The summed E-state index contributed by atoms with van der Waals surface area (Å²) in [4.78, 5) is 16.2. The van der Waals surface area contributed by atoms with Crippen LogP contribution in [0.25, 0.3) is 0 Å². The summed E-state index contributed by atoms with van der Waals surface area (Å²) in [6, 6.07) is 0. The van der Waals surface area contributed by atoms with Crippen LogP contribution in [-0.2, 0) is 6.42 Å². The van der Waals surface area contributed by atoms with Gasteiger partial charge in [0.1, 0.15) is 5.82 Å². The van der Waals surface area contributed by atoms with Gasteiger partial charge in [-0.2, -0.15) is 4.37 Å². The number of aryl methyl sites for hydroxylation is 1. The second-order valence-corrected chi connectivity index (χ2v) is 6.72. The van der Waals surface area contributed by atoms with Gasteiger partial charge in [0.2, 0.25) is 5.13 Å². The van der Waals surface area contributed by atoms with E-state index in [1.165, 1.54) is 31.0 Å². The average Bonchev–Trinajstić information content (AvgIpc) is 3.03. The highest BCUT2D eigenvalue weighted by molar-refractivity contribution is 14.0. The van der Waals surface area contributed by atoms with Crippen molar-refractivity contribution in [2.45, 2.75) is 19.8 Å². The van der Waals surface area contributed by atoms with Gasteiger partial charge in [0, 0.05) is 64.3 Å². The van der Waals surface area contributed by atoms with Crippen molar-refractivity contribution in [3.8, 4) is 0 Å². The van der Waals surface area contributed by atoms with E-state index >= 15 is 0 Å². The number of rotatable bonds is 5. The minimum absolute atomic E-state index is 0. The molecule has 3 rings (SSSR count). The zero-order valence-corrected chi connectivity index (χ0v) is 17.7. The van der Waals surface area contributed by atoms with Crippen LogP contribution in [-0.4, -0.2) is 84.5 Å². The third kappa shape index (κ3) is 4.92. The van der Waals surface area contributed by atoms with Crippen LogP contribution >= 0.6 is 35.5 Å². The molecule has 1 N–H and O–H groups in total. The normalized spacial score (nSPS) is 19.0. The molecule has 0 atom stereocenters. The van der Waals surface area contributed by atoms with Crippen LogP contribution in [0.15, 0.2) is 4.99 Å². The zero-order valence-electron chi connectivity index (χ0n) is 14.6. The molecule has 1 aromatic heterocycles. The minimum atomic E-state index is 0. The monoisotopic (exact) mass is 465 g/mol. The predicted molar refractivity (Wildman–Crippen MR) is 111 cm³/mol. The molecular formula is C15H28IN7S. The van der Waals surface area contributed by atoms with Crippen molar-refractivity contribution >= 4 is 46.6 Å². The van der Waals surface area contributed by atoms with Crippen molar-refractivity contribution in [3.05, 3.63) is 5.82 Å². The molecule has 2 aliphatic heterocycles. The Bertz CT molecular complexity index is 524. The largest absolute Gasteiger partial charge is 0.355 e. The Morgan fingerprint density at radius 1 is 1.21 bits per heavy atom. The van der Waals surface area contributed by atoms with Gasteiger partial charge in [-0.1, -0.05) is 6.92 Å². The first kappa shape index (κ1) is 19.6. The van der Waals surface area contributed by atoms with E-state index in [0.29, 0.717) is 0 Å². The molecule has 24 heavy (non-hydrogen) atoms. The predicted octanol–water partition coefficient (Wildman–Crippen LogP) is 1.12. The van der Waals surface area contributed by atoms with E-state index in [2.05, 4.69) is 41.3 Å². The van der Waals surface area contributed by atoms with Gasteiger partial charge in [-0.05, 0) is 19.5 Å². The Morgan fingerprint density at radius 2 is 1.96 bits per heavy atom. The maximum absolute atomic E-state index is 4.59. The van der Waals surface area contributed by atoms with E-state index in [1.54, 1.807) is 0 Å².